The van der Waals surface area contributed by atoms with Crippen LogP contribution in [0.4, 0.5) is 10.1 Å². The van der Waals surface area contributed by atoms with Crippen LogP contribution in [-0.2, 0) is 9.53 Å². The summed E-state index contributed by atoms with van der Waals surface area (Å²) in [6.07, 6.45) is -0.915. The van der Waals surface area contributed by atoms with Gasteiger partial charge in [0.25, 0.3) is 17.5 Å². The quantitative estimate of drug-likeness (QED) is 0.327. The monoisotopic (exact) mass is 386 g/mol. The average Bonchev–Trinajstić information content (AvgIpc) is 2.91. The van der Waals surface area contributed by atoms with E-state index in [9.17, 15) is 28.9 Å². The first kappa shape index (κ1) is 19.2. The summed E-state index contributed by atoms with van der Waals surface area (Å²) >= 11 is 0. The number of esters is 1. The third-order valence-corrected chi connectivity index (χ3v) is 4.36. The molecule has 1 aliphatic rings. The van der Waals surface area contributed by atoms with E-state index in [0.29, 0.717) is 5.56 Å². The zero-order valence-corrected chi connectivity index (χ0v) is 14.8. The van der Waals surface area contributed by atoms with E-state index in [2.05, 4.69) is 0 Å². The third kappa shape index (κ3) is 3.59. The highest BCUT2D eigenvalue weighted by Crippen LogP contribution is 2.30. The van der Waals surface area contributed by atoms with Gasteiger partial charge in [0.1, 0.15) is 17.5 Å². The Morgan fingerprint density at radius 2 is 1.86 bits per heavy atom. The Morgan fingerprint density at radius 3 is 2.50 bits per heavy atom. The number of amides is 2. The Balaban J connectivity index is 1.65. The molecule has 1 atom stereocenters. The van der Waals surface area contributed by atoms with Gasteiger partial charge in [0.15, 0.2) is 0 Å². The molecule has 2 amide bonds. The normalized spacial score (nSPS) is 14.0. The summed E-state index contributed by atoms with van der Waals surface area (Å²) in [6.45, 7) is 1.34. The molecule has 2 aromatic rings. The Bertz CT molecular complexity index is 973. The molecule has 28 heavy (non-hydrogen) atoms. The minimum Gasteiger partial charge on any atom is -0.458 e. The van der Waals surface area contributed by atoms with Gasteiger partial charge in [0.2, 0.25) is 0 Å². The van der Waals surface area contributed by atoms with E-state index < -0.39 is 40.3 Å². The standard InChI is InChI=1S/C19H15FN2O6/c1-11(12-5-7-13(20)8-6-12)28-16(23)9-10-21-18(24)14-3-2-4-15(22(26)27)17(14)19(21)25/h2-8,11H,9-10H2,1H3/t11-/m0/s1. The molecule has 0 aromatic heterocycles. The van der Waals surface area contributed by atoms with Gasteiger partial charge in [0, 0.05) is 12.6 Å². The number of hydrogen-bond donors (Lipinski definition) is 0. The number of ether oxygens (including phenoxy) is 1. The van der Waals surface area contributed by atoms with Crippen LogP contribution in [0.15, 0.2) is 42.5 Å². The number of carbonyl (C=O) groups excluding carboxylic acids is 3. The van der Waals surface area contributed by atoms with Crippen molar-refractivity contribution in [2.75, 3.05) is 6.54 Å². The number of fused-ring (bicyclic) bond motifs is 1. The van der Waals surface area contributed by atoms with Crippen LogP contribution in [0.3, 0.4) is 0 Å². The summed E-state index contributed by atoms with van der Waals surface area (Å²) in [4.78, 5) is 48.0. The van der Waals surface area contributed by atoms with E-state index >= 15 is 0 Å². The lowest BCUT2D eigenvalue weighted by Gasteiger charge is -2.16. The van der Waals surface area contributed by atoms with Gasteiger partial charge in [-0.25, -0.2) is 4.39 Å². The lowest BCUT2D eigenvalue weighted by Crippen LogP contribution is -2.32. The van der Waals surface area contributed by atoms with Crippen molar-refractivity contribution in [1.82, 2.24) is 4.90 Å². The lowest BCUT2D eigenvalue weighted by atomic mass is 10.1. The molecule has 9 heteroatoms. The fraction of sp³-hybridized carbons (Fsp3) is 0.211. The minimum absolute atomic E-state index is 0.0627. The number of imide groups is 1. The van der Waals surface area contributed by atoms with E-state index in [1.807, 2.05) is 0 Å². The lowest BCUT2D eigenvalue weighted by molar-refractivity contribution is -0.385. The van der Waals surface area contributed by atoms with Crippen LogP contribution in [0.1, 0.15) is 45.7 Å². The molecule has 8 nitrogen and oxygen atoms in total. The fourth-order valence-electron chi connectivity index (χ4n) is 2.93. The highest BCUT2D eigenvalue weighted by Gasteiger charge is 2.40. The molecule has 1 aliphatic heterocycles. The van der Waals surface area contributed by atoms with Crippen LogP contribution in [0.2, 0.25) is 0 Å². The highest BCUT2D eigenvalue weighted by atomic mass is 19.1. The average molecular weight is 386 g/mol. The first-order chi connectivity index (χ1) is 13.3. The van der Waals surface area contributed by atoms with Crippen molar-refractivity contribution in [1.29, 1.82) is 0 Å². The second kappa shape index (κ2) is 7.55. The Morgan fingerprint density at radius 1 is 1.18 bits per heavy atom. The van der Waals surface area contributed by atoms with Crippen LogP contribution < -0.4 is 0 Å². The summed E-state index contributed by atoms with van der Waals surface area (Å²) < 4.78 is 18.2. The van der Waals surface area contributed by atoms with E-state index in [-0.39, 0.29) is 24.1 Å². The summed E-state index contributed by atoms with van der Waals surface area (Å²) in [5.41, 5.74) is -0.199. The zero-order valence-electron chi connectivity index (χ0n) is 14.8. The summed E-state index contributed by atoms with van der Waals surface area (Å²) in [5.74, 6) is -2.58. The van der Waals surface area contributed by atoms with Crippen molar-refractivity contribution >= 4 is 23.5 Å². The van der Waals surface area contributed by atoms with Crippen molar-refractivity contribution in [3.8, 4) is 0 Å². The molecule has 0 radical (unpaired) electrons. The molecule has 0 saturated heterocycles. The molecule has 0 aliphatic carbocycles. The topological polar surface area (TPSA) is 107 Å². The molecule has 0 spiro atoms. The van der Waals surface area contributed by atoms with Crippen molar-refractivity contribution < 1.29 is 28.4 Å². The summed E-state index contributed by atoms with van der Waals surface area (Å²) in [6, 6.07) is 9.25. The molecule has 0 unspecified atom stereocenters. The molecule has 0 fully saturated rings. The van der Waals surface area contributed by atoms with Gasteiger partial charge in [-0.05, 0) is 30.7 Å². The van der Waals surface area contributed by atoms with Gasteiger partial charge < -0.3 is 4.74 Å². The van der Waals surface area contributed by atoms with Crippen molar-refractivity contribution in [2.24, 2.45) is 0 Å². The zero-order chi connectivity index (χ0) is 20.4. The first-order valence-corrected chi connectivity index (χ1v) is 8.38. The summed E-state index contributed by atoms with van der Waals surface area (Å²) in [7, 11) is 0. The van der Waals surface area contributed by atoms with Crippen LogP contribution in [-0.4, -0.2) is 34.2 Å². The molecule has 1 heterocycles. The van der Waals surface area contributed by atoms with Crippen molar-refractivity contribution in [3.05, 3.63) is 75.1 Å². The fourth-order valence-corrected chi connectivity index (χ4v) is 2.93. The smallest absolute Gasteiger partial charge is 0.308 e. The number of halogens is 1. The molecule has 144 valence electrons. The maximum absolute atomic E-state index is 13.0. The maximum atomic E-state index is 13.0. The molecular weight excluding hydrogens is 371 g/mol. The predicted molar refractivity (Wildman–Crippen MR) is 94.0 cm³/mol. The van der Waals surface area contributed by atoms with Gasteiger partial charge in [-0.2, -0.15) is 0 Å². The molecule has 0 N–H and O–H groups in total. The SMILES string of the molecule is C[C@H](OC(=O)CCN1C(=O)c2cccc([N+](=O)[O-])c2C1=O)c1ccc(F)cc1. The number of hydrogen-bond acceptors (Lipinski definition) is 6. The second-order valence-electron chi connectivity index (χ2n) is 6.15. The van der Waals surface area contributed by atoms with Gasteiger partial charge in [-0.3, -0.25) is 29.4 Å². The predicted octanol–water partition coefficient (Wildman–Crippen LogP) is 3.02. The largest absolute Gasteiger partial charge is 0.458 e. The van der Waals surface area contributed by atoms with Gasteiger partial charge in [-0.15, -0.1) is 0 Å². The molecular formula is C19H15FN2O6. The van der Waals surface area contributed by atoms with Gasteiger partial charge in [-0.1, -0.05) is 18.2 Å². The van der Waals surface area contributed by atoms with Gasteiger partial charge >= 0.3 is 5.97 Å². The van der Waals surface area contributed by atoms with E-state index in [1.165, 1.54) is 36.4 Å². The Labute approximate surface area is 158 Å². The highest BCUT2D eigenvalue weighted by molar-refractivity contribution is 6.23. The van der Waals surface area contributed by atoms with Crippen LogP contribution >= 0.6 is 0 Å². The number of nitro benzene ring substituents is 1. The van der Waals surface area contributed by atoms with E-state index in [0.717, 1.165) is 11.0 Å². The molecule has 2 aromatic carbocycles. The number of rotatable bonds is 6. The van der Waals surface area contributed by atoms with E-state index in [4.69, 9.17) is 4.74 Å². The Hall–Kier alpha value is -3.62. The van der Waals surface area contributed by atoms with Crippen LogP contribution in [0.5, 0.6) is 0 Å². The van der Waals surface area contributed by atoms with E-state index in [1.54, 1.807) is 6.92 Å². The second-order valence-corrected chi connectivity index (χ2v) is 6.15. The Kier molecular flexibility index (Phi) is 5.16. The molecule has 0 saturated carbocycles. The first-order valence-electron chi connectivity index (χ1n) is 8.38. The van der Waals surface area contributed by atoms with Crippen LogP contribution in [0, 0.1) is 15.9 Å². The minimum atomic E-state index is -0.813. The van der Waals surface area contributed by atoms with Crippen molar-refractivity contribution in [2.45, 2.75) is 19.4 Å². The summed E-state index contributed by atoms with van der Waals surface area (Å²) in [5, 5.41) is 11.1. The number of nitro groups is 1. The number of benzene rings is 2. The van der Waals surface area contributed by atoms with Crippen LogP contribution in [0.25, 0.3) is 0 Å². The number of nitrogens with zero attached hydrogens (tertiary/aromatic N) is 2. The maximum Gasteiger partial charge on any atom is 0.308 e. The molecule has 0 bridgehead atoms. The number of carbonyl (C=O) groups is 3. The van der Waals surface area contributed by atoms with Gasteiger partial charge in [0.05, 0.1) is 16.9 Å². The molecule has 3 rings (SSSR count). The van der Waals surface area contributed by atoms with Crippen molar-refractivity contribution in [3.63, 3.8) is 0 Å². The third-order valence-electron chi connectivity index (χ3n) is 4.36.